The fourth-order valence-corrected chi connectivity index (χ4v) is 4.01. The Morgan fingerprint density at radius 1 is 1.21 bits per heavy atom. The molecule has 5 heteroatoms. The van der Waals surface area contributed by atoms with Crippen LogP contribution in [0.4, 0.5) is 0 Å². The fourth-order valence-electron chi connectivity index (χ4n) is 4.01. The molecular weight excluding hydrogens is 302 g/mol. The highest BCUT2D eigenvalue weighted by Gasteiger charge is 2.31. The Balaban J connectivity index is 1.79. The predicted molar refractivity (Wildman–Crippen MR) is 98.2 cm³/mol. The van der Waals surface area contributed by atoms with Gasteiger partial charge < -0.3 is 10.1 Å². The molecular formula is C19H37N3O2. The highest BCUT2D eigenvalue weighted by Crippen LogP contribution is 2.19. The molecule has 1 amide bonds. The van der Waals surface area contributed by atoms with Gasteiger partial charge >= 0.3 is 0 Å². The predicted octanol–water partition coefficient (Wildman–Crippen LogP) is 2.26. The van der Waals surface area contributed by atoms with Gasteiger partial charge in [0, 0.05) is 44.9 Å². The van der Waals surface area contributed by atoms with Crippen molar-refractivity contribution < 1.29 is 9.53 Å². The van der Waals surface area contributed by atoms with E-state index in [2.05, 4.69) is 29.0 Å². The van der Waals surface area contributed by atoms with Gasteiger partial charge in [-0.2, -0.15) is 0 Å². The minimum absolute atomic E-state index is 0.0185. The largest absolute Gasteiger partial charge is 0.380 e. The van der Waals surface area contributed by atoms with E-state index in [0.717, 1.165) is 58.7 Å². The van der Waals surface area contributed by atoms with Crippen molar-refractivity contribution in [1.29, 1.82) is 0 Å². The van der Waals surface area contributed by atoms with Crippen LogP contribution in [0.25, 0.3) is 0 Å². The van der Waals surface area contributed by atoms with Crippen molar-refractivity contribution in [3.8, 4) is 0 Å². The zero-order valence-electron chi connectivity index (χ0n) is 15.9. The van der Waals surface area contributed by atoms with E-state index in [9.17, 15) is 4.79 Å². The third kappa shape index (κ3) is 5.71. The lowest BCUT2D eigenvalue weighted by atomic mass is 9.95. The quantitative estimate of drug-likeness (QED) is 0.689. The maximum atomic E-state index is 12.6. The van der Waals surface area contributed by atoms with E-state index in [4.69, 9.17) is 4.74 Å². The topological polar surface area (TPSA) is 44.8 Å². The molecule has 24 heavy (non-hydrogen) atoms. The molecule has 0 spiro atoms. The Bertz CT molecular complexity index is 372. The summed E-state index contributed by atoms with van der Waals surface area (Å²) < 4.78 is 5.51. The summed E-state index contributed by atoms with van der Waals surface area (Å²) in [5, 5.41) is 3.29. The van der Waals surface area contributed by atoms with Crippen LogP contribution in [0.3, 0.4) is 0 Å². The molecule has 0 radical (unpaired) electrons. The summed E-state index contributed by atoms with van der Waals surface area (Å²) in [7, 11) is 0. The number of piperazine rings is 1. The zero-order valence-corrected chi connectivity index (χ0v) is 15.9. The summed E-state index contributed by atoms with van der Waals surface area (Å²) in [5.74, 6) is 0.222. The van der Waals surface area contributed by atoms with Crippen LogP contribution >= 0.6 is 0 Å². The van der Waals surface area contributed by atoms with Gasteiger partial charge in [-0.1, -0.05) is 26.2 Å². The summed E-state index contributed by atoms with van der Waals surface area (Å²) in [5.41, 5.74) is 0. The Labute approximate surface area is 148 Å². The molecule has 0 aromatic carbocycles. The number of hydrogen-bond donors (Lipinski definition) is 1. The van der Waals surface area contributed by atoms with E-state index < -0.39 is 0 Å². The molecule has 2 fully saturated rings. The van der Waals surface area contributed by atoms with E-state index in [1.165, 1.54) is 19.3 Å². The van der Waals surface area contributed by atoms with Gasteiger partial charge in [0.15, 0.2) is 0 Å². The maximum absolute atomic E-state index is 12.6. The first-order valence-electron chi connectivity index (χ1n) is 10.0. The average Bonchev–Trinajstić information content (AvgIpc) is 2.62. The minimum Gasteiger partial charge on any atom is -0.380 e. The monoisotopic (exact) mass is 339 g/mol. The van der Waals surface area contributed by atoms with Gasteiger partial charge in [0.25, 0.3) is 0 Å². The first-order chi connectivity index (χ1) is 11.7. The second kappa shape index (κ2) is 10.4. The molecule has 1 aliphatic heterocycles. The Morgan fingerprint density at radius 2 is 1.96 bits per heavy atom. The summed E-state index contributed by atoms with van der Waals surface area (Å²) >= 11 is 0. The molecule has 1 N–H and O–H groups in total. The van der Waals surface area contributed by atoms with Crippen molar-refractivity contribution >= 4 is 5.91 Å². The Morgan fingerprint density at radius 3 is 2.62 bits per heavy atom. The van der Waals surface area contributed by atoms with Gasteiger partial charge in [-0.25, -0.2) is 0 Å². The number of hydrogen-bond acceptors (Lipinski definition) is 4. The van der Waals surface area contributed by atoms with E-state index in [-0.39, 0.29) is 11.9 Å². The van der Waals surface area contributed by atoms with Gasteiger partial charge in [0.05, 0.1) is 12.6 Å². The second-order valence-corrected chi connectivity index (χ2v) is 7.31. The van der Waals surface area contributed by atoms with E-state index in [1.807, 2.05) is 6.92 Å². The first kappa shape index (κ1) is 19.7. The molecule has 0 aromatic heterocycles. The molecule has 2 atom stereocenters. The van der Waals surface area contributed by atoms with Crippen LogP contribution in [0.2, 0.25) is 0 Å². The van der Waals surface area contributed by atoms with Gasteiger partial charge in [0.2, 0.25) is 5.91 Å². The van der Waals surface area contributed by atoms with Crippen molar-refractivity contribution in [3.63, 3.8) is 0 Å². The third-order valence-corrected chi connectivity index (χ3v) is 5.71. The van der Waals surface area contributed by atoms with E-state index in [0.29, 0.717) is 12.1 Å². The second-order valence-electron chi connectivity index (χ2n) is 7.31. The van der Waals surface area contributed by atoms with Crippen molar-refractivity contribution in [1.82, 2.24) is 15.1 Å². The first-order valence-corrected chi connectivity index (χ1v) is 10.0. The molecule has 5 nitrogen and oxygen atoms in total. The van der Waals surface area contributed by atoms with Crippen LogP contribution in [0.15, 0.2) is 0 Å². The number of ether oxygens (including phenoxy) is 1. The molecule has 0 unspecified atom stereocenters. The van der Waals surface area contributed by atoms with Crippen LogP contribution in [0, 0.1) is 0 Å². The number of amides is 1. The molecule has 1 heterocycles. The Hall–Kier alpha value is -0.650. The Kier molecular flexibility index (Phi) is 8.50. The van der Waals surface area contributed by atoms with Crippen molar-refractivity contribution in [2.75, 3.05) is 39.4 Å². The lowest BCUT2D eigenvalue weighted by molar-refractivity contribution is -0.128. The summed E-state index contributed by atoms with van der Waals surface area (Å²) in [4.78, 5) is 17.5. The van der Waals surface area contributed by atoms with Crippen molar-refractivity contribution in [2.45, 2.75) is 77.4 Å². The zero-order chi connectivity index (χ0) is 17.4. The van der Waals surface area contributed by atoms with Gasteiger partial charge in [-0.05, 0) is 33.1 Å². The maximum Gasteiger partial charge on any atom is 0.237 e. The SMILES string of the molecule is CCOCCN1CCN([C@H](C)C(=O)NC2CCCCC2)C[C@H]1CC. The van der Waals surface area contributed by atoms with Crippen LogP contribution in [0.5, 0.6) is 0 Å². The van der Waals surface area contributed by atoms with Crippen LogP contribution < -0.4 is 5.32 Å². The fraction of sp³-hybridized carbons (Fsp3) is 0.947. The van der Waals surface area contributed by atoms with E-state index >= 15 is 0 Å². The summed E-state index contributed by atoms with van der Waals surface area (Å²) in [6, 6.07) is 0.919. The molecule has 1 aliphatic carbocycles. The van der Waals surface area contributed by atoms with Gasteiger partial charge in [-0.3, -0.25) is 14.6 Å². The van der Waals surface area contributed by atoms with Crippen LogP contribution in [0.1, 0.15) is 59.3 Å². The average molecular weight is 340 g/mol. The highest BCUT2D eigenvalue weighted by atomic mass is 16.5. The summed E-state index contributed by atoms with van der Waals surface area (Å²) in [6.45, 7) is 12.0. The minimum atomic E-state index is -0.0185. The molecule has 1 saturated carbocycles. The standard InChI is InChI=1S/C19H37N3O2/c1-4-18-15-22(12-11-21(18)13-14-24-5-2)16(3)19(23)20-17-9-7-6-8-10-17/h16-18H,4-15H2,1-3H3,(H,20,23)/t16-,18-/m1/s1. The number of carbonyl (C=O) groups excluding carboxylic acids is 1. The van der Waals surface area contributed by atoms with Crippen LogP contribution in [-0.4, -0.2) is 73.2 Å². The third-order valence-electron chi connectivity index (χ3n) is 5.71. The molecule has 140 valence electrons. The molecule has 1 saturated heterocycles. The van der Waals surface area contributed by atoms with Gasteiger partial charge in [0.1, 0.15) is 0 Å². The number of nitrogens with zero attached hydrogens (tertiary/aromatic N) is 2. The lowest BCUT2D eigenvalue weighted by Gasteiger charge is -2.43. The number of nitrogens with one attached hydrogen (secondary N) is 1. The molecule has 2 aliphatic rings. The van der Waals surface area contributed by atoms with Crippen molar-refractivity contribution in [3.05, 3.63) is 0 Å². The van der Waals surface area contributed by atoms with Crippen LogP contribution in [-0.2, 0) is 9.53 Å². The van der Waals surface area contributed by atoms with Gasteiger partial charge in [-0.15, -0.1) is 0 Å². The molecule has 2 rings (SSSR count). The normalized spacial score (nSPS) is 25.5. The van der Waals surface area contributed by atoms with E-state index in [1.54, 1.807) is 0 Å². The van der Waals surface area contributed by atoms with Crippen molar-refractivity contribution in [2.24, 2.45) is 0 Å². The summed E-state index contributed by atoms with van der Waals surface area (Å²) in [6.07, 6.45) is 7.28. The number of carbonyl (C=O) groups is 1. The smallest absolute Gasteiger partial charge is 0.237 e. The molecule has 0 aromatic rings. The molecule has 0 bridgehead atoms. The highest BCUT2D eigenvalue weighted by molar-refractivity contribution is 5.81. The number of rotatable bonds is 8. The lowest BCUT2D eigenvalue weighted by Crippen LogP contribution is -2.59.